The average molecular weight is 671 g/mol. The minimum atomic E-state index is -1.17. The zero-order valence-corrected chi connectivity index (χ0v) is 25.9. The molecular formula is C33H28ClF5N6O2. The minimum absolute atomic E-state index is 0.00352. The number of hydrogen-bond donors (Lipinski definition) is 0. The Labute approximate surface area is 271 Å². The number of benzene rings is 3. The number of ether oxygens (including phenoxy) is 1. The third-order valence-electron chi connectivity index (χ3n) is 8.67. The predicted octanol–water partition coefficient (Wildman–Crippen LogP) is 6.36. The highest BCUT2D eigenvalue weighted by molar-refractivity contribution is 6.37. The number of carbonyl (C=O) groups excluding carboxylic acids is 1. The molecule has 0 N–H and O–H groups in total. The summed E-state index contributed by atoms with van der Waals surface area (Å²) in [4.78, 5) is 29.3. The van der Waals surface area contributed by atoms with Crippen molar-refractivity contribution in [2.24, 2.45) is 0 Å². The second-order valence-corrected chi connectivity index (χ2v) is 12.0. The van der Waals surface area contributed by atoms with Crippen molar-refractivity contribution in [2.75, 3.05) is 51.3 Å². The van der Waals surface area contributed by atoms with Crippen LogP contribution >= 0.6 is 11.6 Å². The fourth-order valence-corrected chi connectivity index (χ4v) is 6.61. The van der Waals surface area contributed by atoms with Gasteiger partial charge in [-0.2, -0.15) is 9.97 Å². The molecule has 3 atom stereocenters. The predicted molar refractivity (Wildman–Crippen MR) is 168 cm³/mol. The van der Waals surface area contributed by atoms with E-state index in [1.54, 1.807) is 29.0 Å². The van der Waals surface area contributed by atoms with Crippen molar-refractivity contribution in [3.05, 3.63) is 82.7 Å². The Hall–Kier alpha value is -4.54. The highest BCUT2D eigenvalue weighted by Gasteiger charge is 2.36. The molecule has 1 aromatic heterocycles. The number of hydrogen-bond acceptors (Lipinski definition) is 6. The summed E-state index contributed by atoms with van der Waals surface area (Å²) in [5.74, 6) is -4.90. The second-order valence-electron chi connectivity index (χ2n) is 11.6. The molecule has 4 aromatic rings. The Morgan fingerprint density at radius 2 is 1.91 bits per heavy atom. The van der Waals surface area contributed by atoms with Crippen molar-refractivity contribution in [1.82, 2.24) is 19.8 Å². The molecule has 0 bridgehead atoms. The van der Waals surface area contributed by atoms with Gasteiger partial charge in [-0.3, -0.25) is 9.69 Å². The molecule has 8 nitrogen and oxygen atoms in total. The summed E-state index contributed by atoms with van der Waals surface area (Å²) >= 11 is 6.29. The number of carbonyl (C=O) groups is 1. The molecule has 6 rings (SSSR count). The maximum absolute atomic E-state index is 16.7. The van der Waals surface area contributed by atoms with Crippen molar-refractivity contribution < 1.29 is 31.5 Å². The number of aromatic nitrogens is 2. The van der Waals surface area contributed by atoms with Gasteiger partial charge in [0, 0.05) is 43.0 Å². The molecule has 3 heterocycles. The van der Waals surface area contributed by atoms with E-state index in [0.29, 0.717) is 5.39 Å². The summed E-state index contributed by atoms with van der Waals surface area (Å²) in [6, 6.07) is 6.94. The van der Waals surface area contributed by atoms with Crippen LogP contribution in [0.3, 0.4) is 0 Å². The van der Waals surface area contributed by atoms with Crippen molar-refractivity contribution in [3.63, 3.8) is 0 Å². The number of rotatable bonds is 7. The first-order valence-corrected chi connectivity index (χ1v) is 15.1. The number of halogens is 6. The van der Waals surface area contributed by atoms with E-state index >= 15 is 8.78 Å². The largest absolute Gasteiger partial charge is 0.462 e. The summed E-state index contributed by atoms with van der Waals surface area (Å²) in [5, 5.41) is 0.234. The highest BCUT2D eigenvalue weighted by atomic mass is 35.5. The summed E-state index contributed by atoms with van der Waals surface area (Å²) in [7, 11) is 1.75. The van der Waals surface area contributed by atoms with Crippen molar-refractivity contribution >= 4 is 45.0 Å². The quantitative estimate of drug-likeness (QED) is 0.130. The molecule has 0 unspecified atom stereocenters. The van der Waals surface area contributed by atoms with E-state index in [-0.39, 0.29) is 90.5 Å². The summed E-state index contributed by atoms with van der Waals surface area (Å²) in [6.45, 7) is 10.5. The average Bonchev–Trinajstić information content (AvgIpc) is 3.37. The molecule has 1 amide bonds. The van der Waals surface area contributed by atoms with Gasteiger partial charge in [-0.05, 0) is 36.6 Å². The third kappa shape index (κ3) is 6.03. The SMILES string of the molecule is [C-]#[N+]C[C@H]1CN(c2nc(OC[C@@H]3C[C@@H](F)CN3C)nc3c(F)c(-c4cccc5ccc(F)c(Cl)c45)c(F)cc23)CCN1C(=O)C(=C)F. The maximum atomic E-state index is 16.7. The summed E-state index contributed by atoms with van der Waals surface area (Å²) in [6.07, 6.45) is -0.825. The molecule has 14 heteroatoms. The number of nitrogens with zero attached hydrogens (tertiary/aromatic N) is 6. The third-order valence-corrected chi connectivity index (χ3v) is 9.04. The number of piperazine rings is 1. The maximum Gasteiger partial charge on any atom is 0.319 e. The molecule has 0 radical (unpaired) electrons. The van der Waals surface area contributed by atoms with Crippen LogP contribution < -0.4 is 9.64 Å². The van der Waals surface area contributed by atoms with Gasteiger partial charge < -0.3 is 19.4 Å². The zero-order valence-electron chi connectivity index (χ0n) is 25.1. The summed E-state index contributed by atoms with van der Waals surface area (Å²) in [5.41, 5.74) is -0.806. The topological polar surface area (TPSA) is 66.2 Å². The van der Waals surface area contributed by atoms with Gasteiger partial charge in [-0.15, -0.1) is 0 Å². The van der Waals surface area contributed by atoms with Crippen LogP contribution in [-0.2, 0) is 4.79 Å². The fraction of sp³-hybridized carbons (Fsp3) is 0.333. The van der Waals surface area contributed by atoms with Crippen LogP contribution in [0.5, 0.6) is 6.01 Å². The van der Waals surface area contributed by atoms with E-state index < -0.39 is 47.0 Å². The molecule has 2 saturated heterocycles. The van der Waals surface area contributed by atoms with E-state index in [0.717, 1.165) is 12.1 Å². The number of amides is 1. The van der Waals surface area contributed by atoms with Crippen LogP contribution in [0.15, 0.2) is 48.8 Å². The highest BCUT2D eigenvalue weighted by Crippen LogP contribution is 2.41. The Bertz CT molecular complexity index is 1960. The van der Waals surface area contributed by atoms with Crippen LogP contribution in [0.4, 0.5) is 27.8 Å². The zero-order chi connectivity index (χ0) is 33.6. The smallest absolute Gasteiger partial charge is 0.319 e. The molecule has 0 saturated carbocycles. The first-order valence-electron chi connectivity index (χ1n) is 14.8. The lowest BCUT2D eigenvalue weighted by molar-refractivity contribution is -0.131. The molecule has 244 valence electrons. The summed E-state index contributed by atoms with van der Waals surface area (Å²) < 4.78 is 81.0. The fourth-order valence-electron chi connectivity index (χ4n) is 6.34. The Morgan fingerprint density at radius 1 is 1.13 bits per heavy atom. The molecule has 3 aromatic carbocycles. The standard InChI is InChI=1S/C33H28ClF5N6O2/c1-17(35)32(46)45-10-9-44(15-21(45)13-40-2)31-23-12-25(38)27(22-6-4-5-18-7-8-24(37)28(34)26(18)22)29(39)30(23)41-33(42-31)47-16-20-11-19(36)14-43(20)3/h4-8,12,19-21H,1,9-11,13-16H2,3H3/t19-,20+,21+/m1/s1. The number of likely N-dealkylation sites (tertiary alicyclic amines) is 1. The van der Waals surface area contributed by atoms with Crippen LogP contribution in [0.1, 0.15) is 6.42 Å². The Balaban J connectivity index is 1.49. The molecular weight excluding hydrogens is 643 g/mol. The minimum Gasteiger partial charge on any atom is -0.462 e. The van der Waals surface area contributed by atoms with Gasteiger partial charge in [-0.25, -0.2) is 28.5 Å². The first kappa shape index (κ1) is 32.4. The second kappa shape index (κ2) is 12.9. The van der Waals surface area contributed by atoms with Crippen LogP contribution in [0, 0.1) is 24.0 Å². The van der Waals surface area contributed by atoms with Gasteiger partial charge in [0.1, 0.15) is 41.8 Å². The van der Waals surface area contributed by atoms with E-state index in [2.05, 4.69) is 21.4 Å². The van der Waals surface area contributed by atoms with Crippen molar-refractivity contribution in [1.29, 1.82) is 0 Å². The van der Waals surface area contributed by atoms with E-state index in [1.165, 1.54) is 17.0 Å². The molecule has 2 aliphatic heterocycles. The molecule has 2 aliphatic rings. The number of likely N-dealkylation sites (N-methyl/N-ethyl adjacent to an activating group) is 1. The lowest BCUT2D eigenvalue weighted by Gasteiger charge is -2.39. The molecule has 0 aliphatic carbocycles. The number of anilines is 1. The Morgan fingerprint density at radius 3 is 2.62 bits per heavy atom. The number of fused-ring (bicyclic) bond motifs is 2. The molecule has 2 fully saturated rings. The lowest BCUT2D eigenvalue weighted by Crippen LogP contribution is -2.56. The lowest BCUT2D eigenvalue weighted by atomic mass is 9.96. The van der Waals surface area contributed by atoms with Crippen molar-refractivity contribution in [3.8, 4) is 17.1 Å². The first-order chi connectivity index (χ1) is 22.5. The van der Waals surface area contributed by atoms with E-state index in [4.69, 9.17) is 22.9 Å². The Kier molecular flexibility index (Phi) is 8.91. The van der Waals surface area contributed by atoms with Gasteiger partial charge in [0.15, 0.2) is 11.6 Å². The van der Waals surface area contributed by atoms with Crippen LogP contribution in [-0.4, -0.2) is 90.3 Å². The van der Waals surface area contributed by atoms with E-state index in [1.807, 2.05) is 0 Å². The van der Waals surface area contributed by atoms with E-state index in [9.17, 15) is 18.0 Å². The normalized spacial score (nSPS) is 20.2. The van der Waals surface area contributed by atoms with Gasteiger partial charge in [0.25, 0.3) is 5.91 Å². The van der Waals surface area contributed by atoms with Crippen LogP contribution in [0.25, 0.3) is 37.6 Å². The molecule has 47 heavy (non-hydrogen) atoms. The van der Waals surface area contributed by atoms with Gasteiger partial charge in [0.05, 0.1) is 10.6 Å². The van der Waals surface area contributed by atoms with Gasteiger partial charge in [0.2, 0.25) is 6.54 Å². The van der Waals surface area contributed by atoms with Crippen LogP contribution in [0.2, 0.25) is 5.02 Å². The number of alkyl halides is 1. The van der Waals surface area contributed by atoms with Gasteiger partial charge in [-0.1, -0.05) is 42.4 Å². The molecule has 0 spiro atoms. The van der Waals surface area contributed by atoms with Crippen molar-refractivity contribution in [2.45, 2.75) is 24.7 Å². The van der Waals surface area contributed by atoms with Gasteiger partial charge >= 0.3 is 6.01 Å². The monoisotopic (exact) mass is 670 g/mol.